The third-order valence-electron chi connectivity index (χ3n) is 4.81. The van der Waals surface area contributed by atoms with Crippen LogP contribution in [0.5, 0.6) is 0 Å². The van der Waals surface area contributed by atoms with Gasteiger partial charge in [-0.2, -0.15) is 4.31 Å². The van der Waals surface area contributed by atoms with E-state index in [1.807, 2.05) is 43.4 Å². The molecule has 0 amide bonds. The Hall–Kier alpha value is -1.44. The number of hydrogen-bond acceptors (Lipinski definition) is 4. The van der Waals surface area contributed by atoms with Crippen LogP contribution in [0, 0.1) is 0 Å². The summed E-state index contributed by atoms with van der Waals surface area (Å²) in [7, 11) is -1.60. The normalized spacial score (nSPS) is 19.8. The van der Waals surface area contributed by atoms with Crippen LogP contribution in [0.2, 0.25) is 5.02 Å². The molecule has 0 N–H and O–H groups in total. The first-order chi connectivity index (χ1) is 12.5. The zero-order valence-corrected chi connectivity index (χ0v) is 16.7. The molecule has 1 aliphatic rings. The minimum Gasteiger partial charge on any atom is -0.303 e. The fraction of sp³-hybridized carbons (Fsp3) is 0.263. The molecule has 0 bridgehead atoms. The van der Waals surface area contributed by atoms with E-state index in [1.54, 1.807) is 21.8 Å². The molecule has 1 aromatic heterocycles. The summed E-state index contributed by atoms with van der Waals surface area (Å²) < 4.78 is 29.6. The minimum absolute atomic E-state index is 0.200. The second kappa shape index (κ2) is 6.94. The zero-order valence-electron chi connectivity index (χ0n) is 14.3. The Kier molecular flexibility index (Phi) is 4.79. The van der Waals surface area contributed by atoms with Gasteiger partial charge in [-0.3, -0.25) is 0 Å². The summed E-state index contributed by atoms with van der Waals surface area (Å²) in [5, 5.41) is 2.98. The maximum Gasteiger partial charge on any atom is 0.245 e. The summed E-state index contributed by atoms with van der Waals surface area (Å²) in [5.41, 5.74) is 1.01. The predicted octanol–water partition coefficient (Wildman–Crippen LogP) is 4.23. The lowest BCUT2D eigenvalue weighted by Crippen LogP contribution is -2.49. The van der Waals surface area contributed by atoms with Crippen molar-refractivity contribution in [1.82, 2.24) is 9.21 Å². The lowest BCUT2D eigenvalue weighted by molar-refractivity contribution is 0.161. The number of thiophene rings is 1. The first-order valence-electron chi connectivity index (χ1n) is 8.39. The molecule has 4 rings (SSSR count). The summed E-state index contributed by atoms with van der Waals surface area (Å²) in [6.07, 6.45) is 0. The van der Waals surface area contributed by atoms with Gasteiger partial charge in [0.15, 0.2) is 0 Å². The fourth-order valence-corrected chi connectivity index (χ4v) is 6.66. The molecule has 0 saturated carbocycles. The van der Waals surface area contributed by atoms with Crippen molar-refractivity contribution >= 4 is 43.0 Å². The SMILES string of the molecule is CN1CCN(S(=O)(=O)c2csc3ccc(Cl)cc23)C(c2ccccc2)C1. The Morgan fingerprint density at radius 3 is 2.65 bits per heavy atom. The van der Waals surface area contributed by atoms with E-state index in [4.69, 9.17) is 11.6 Å². The Labute approximate surface area is 162 Å². The maximum atomic E-state index is 13.5. The maximum absolute atomic E-state index is 13.5. The monoisotopic (exact) mass is 406 g/mol. The van der Waals surface area contributed by atoms with Gasteiger partial charge >= 0.3 is 0 Å². The number of sulfonamides is 1. The molecule has 1 unspecified atom stereocenters. The molecule has 1 atom stereocenters. The summed E-state index contributed by atoms with van der Waals surface area (Å²) in [6.45, 7) is 1.85. The van der Waals surface area contributed by atoms with Crippen LogP contribution in [0.15, 0.2) is 58.8 Å². The zero-order chi connectivity index (χ0) is 18.3. The largest absolute Gasteiger partial charge is 0.303 e. The first-order valence-corrected chi connectivity index (χ1v) is 11.1. The van der Waals surface area contributed by atoms with Crippen LogP contribution in [0.1, 0.15) is 11.6 Å². The van der Waals surface area contributed by atoms with Crippen molar-refractivity contribution < 1.29 is 8.42 Å². The van der Waals surface area contributed by atoms with Crippen molar-refractivity contribution in [1.29, 1.82) is 0 Å². The molecule has 0 spiro atoms. The summed E-state index contributed by atoms with van der Waals surface area (Å²) in [4.78, 5) is 2.53. The lowest BCUT2D eigenvalue weighted by atomic mass is 10.1. The second-order valence-corrected chi connectivity index (χ2v) is 9.75. The first kappa shape index (κ1) is 17.9. The molecule has 4 nitrogen and oxygen atoms in total. The van der Waals surface area contributed by atoms with E-state index in [0.717, 1.165) is 10.3 Å². The van der Waals surface area contributed by atoms with Gasteiger partial charge in [0.25, 0.3) is 0 Å². The number of piperazine rings is 1. The van der Waals surface area contributed by atoms with Gasteiger partial charge in [0.1, 0.15) is 4.90 Å². The van der Waals surface area contributed by atoms with E-state index in [0.29, 0.717) is 34.9 Å². The Balaban J connectivity index is 1.81. The average Bonchev–Trinajstić information content (AvgIpc) is 3.06. The number of hydrogen-bond donors (Lipinski definition) is 0. The van der Waals surface area contributed by atoms with Crippen LogP contribution < -0.4 is 0 Å². The number of likely N-dealkylation sites (N-methyl/N-ethyl adjacent to an activating group) is 1. The van der Waals surface area contributed by atoms with Crippen LogP contribution in [0.4, 0.5) is 0 Å². The highest BCUT2D eigenvalue weighted by Crippen LogP contribution is 2.37. The fourth-order valence-electron chi connectivity index (χ4n) is 3.44. The molecule has 0 aliphatic carbocycles. The molecule has 136 valence electrons. The van der Waals surface area contributed by atoms with Gasteiger partial charge in [-0.15, -0.1) is 11.3 Å². The average molecular weight is 407 g/mol. The quantitative estimate of drug-likeness (QED) is 0.653. The third kappa shape index (κ3) is 3.17. The number of rotatable bonds is 3. The number of fused-ring (bicyclic) bond motifs is 1. The topological polar surface area (TPSA) is 40.6 Å². The van der Waals surface area contributed by atoms with Crippen LogP contribution in [-0.2, 0) is 10.0 Å². The molecule has 3 aromatic rings. The summed E-state index contributed by atoms with van der Waals surface area (Å²) in [5.74, 6) is 0. The highest BCUT2D eigenvalue weighted by atomic mass is 35.5. The molecule has 1 saturated heterocycles. The van der Waals surface area contributed by atoms with Gasteiger partial charge in [-0.25, -0.2) is 8.42 Å². The minimum atomic E-state index is -3.62. The van der Waals surface area contributed by atoms with Gasteiger partial charge in [-0.1, -0.05) is 41.9 Å². The Morgan fingerprint density at radius 1 is 1.12 bits per heavy atom. The summed E-state index contributed by atoms with van der Waals surface area (Å²) in [6, 6.07) is 15.1. The number of benzene rings is 2. The molecule has 2 heterocycles. The van der Waals surface area contributed by atoms with E-state index in [9.17, 15) is 8.42 Å². The molecular weight excluding hydrogens is 388 g/mol. The van der Waals surface area contributed by atoms with Gasteiger partial charge in [0.05, 0.1) is 6.04 Å². The van der Waals surface area contributed by atoms with Crippen LogP contribution in [0.3, 0.4) is 0 Å². The van der Waals surface area contributed by atoms with Crippen molar-refractivity contribution in [3.63, 3.8) is 0 Å². The number of halogens is 1. The van der Waals surface area contributed by atoms with Crippen molar-refractivity contribution in [2.45, 2.75) is 10.9 Å². The summed E-state index contributed by atoms with van der Waals surface area (Å²) >= 11 is 7.55. The highest BCUT2D eigenvalue weighted by Gasteiger charge is 2.37. The predicted molar refractivity (Wildman–Crippen MR) is 107 cm³/mol. The van der Waals surface area contributed by atoms with Crippen molar-refractivity contribution in [2.24, 2.45) is 0 Å². The van der Waals surface area contributed by atoms with Crippen molar-refractivity contribution in [3.8, 4) is 0 Å². The lowest BCUT2D eigenvalue weighted by Gasteiger charge is -2.39. The van der Waals surface area contributed by atoms with Crippen LogP contribution >= 0.6 is 22.9 Å². The molecule has 1 fully saturated rings. The van der Waals surface area contributed by atoms with Crippen molar-refractivity contribution in [2.75, 3.05) is 26.7 Å². The van der Waals surface area contributed by atoms with Gasteiger partial charge < -0.3 is 4.90 Å². The van der Waals surface area contributed by atoms with Crippen molar-refractivity contribution in [3.05, 3.63) is 64.5 Å². The van der Waals surface area contributed by atoms with E-state index in [2.05, 4.69) is 4.90 Å². The Bertz CT molecular complexity index is 1030. The Morgan fingerprint density at radius 2 is 1.88 bits per heavy atom. The van der Waals surface area contributed by atoms with E-state index >= 15 is 0 Å². The van der Waals surface area contributed by atoms with Gasteiger partial charge in [0, 0.05) is 40.1 Å². The third-order valence-corrected chi connectivity index (χ3v) is 8.10. The van der Waals surface area contributed by atoms with Gasteiger partial charge in [-0.05, 0) is 30.8 Å². The van der Waals surface area contributed by atoms with E-state index < -0.39 is 10.0 Å². The van der Waals surface area contributed by atoms with E-state index in [-0.39, 0.29) is 6.04 Å². The van der Waals surface area contributed by atoms with Gasteiger partial charge in [0.2, 0.25) is 10.0 Å². The molecule has 2 aromatic carbocycles. The molecule has 1 aliphatic heterocycles. The molecule has 26 heavy (non-hydrogen) atoms. The van der Waals surface area contributed by atoms with Crippen LogP contribution in [0.25, 0.3) is 10.1 Å². The highest BCUT2D eigenvalue weighted by molar-refractivity contribution is 7.89. The molecule has 0 radical (unpaired) electrons. The second-order valence-electron chi connectivity index (χ2n) is 6.54. The van der Waals surface area contributed by atoms with Crippen LogP contribution in [-0.4, -0.2) is 44.3 Å². The van der Waals surface area contributed by atoms with E-state index in [1.165, 1.54) is 11.3 Å². The standard InChI is InChI=1S/C19H19ClN2O2S2/c1-21-9-10-22(17(12-21)14-5-3-2-4-6-14)26(23,24)19-13-25-18-8-7-15(20)11-16(18)19/h2-8,11,13,17H,9-10,12H2,1H3. The molecule has 7 heteroatoms. The molecular formula is C19H19ClN2O2S2. The smallest absolute Gasteiger partial charge is 0.245 e. The number of nitrogens with zero attached hydrogens (tertiary/aromatic N) is 2.